The molecule has 5 nitrogen and oxygen atoms in total. The molecule has 5 heteroatoms. The molecule has 1 aliphatic rings. The van der Waals surface area contributed by atoms with Crippen LogP contribution in [0.4, 0.5) is 0 Å². The van der Waals surface area contributed by atoms with Crippen molar-refractivity contribution in [2.24, 2.45) is 4.99 Å². The van der Waals surface area contributed by atoms with Gasteiger partial charge in [0.05, 0.1) is 6.54 Å². The van der Waals surface area contributed by atoms with Crippen LogP contribution in [-0.2, 0) is 16.8 Å². The van der Waals surface area contributed by atoms with Crippen LogP contribution in [0.5, 0.6) is 0 Å². The van der Waals surface area contributed by atoms with E-state index < -0.39 is 5.54 Å². The van der Waals surface area contributed by atoms with Crippen LogP contribution in [0.15, 0.2) is 78.3 Å². The molecule has 114 valence electrons. The third-order valence-corrected chi connectivity index (χ3v) is 3.99. The van der Waals surface area contributed by atoms with Crippen LogP contribution in [0, 0.1) is 0 Å². The standard InChI is InChI=1S/C18H16N4O/c1-3-7-15(8-4-1)17-21-18(12-23-17,11-22-14-19-13-20-22)16-9-5-2-6-10-16/h1-10,13-14H,11-12H2. The Bertz CT molecular complexity index is 800. The summed E-state index contributed by atoms with van der Waals surface area (Å²) in [6, 6.07) is 20.2. The average molecular weight is 304 g/mol. The summed E-state index contributed by atoms with van der Waals surface area (Å²) in [5.74, 6) is 0.676. The highest BCUT2D eigenvalue weighted by molar-refractivity contribution is 5.95. The van der Waals surface area contributed by atoms with Gasteiger partial charge in [-0.1, -0.05) is 48.5 Å². The molecule has 0 amide bonds. The molecule has 0 radical (unpaired) electrons. The highest BCUT2D eigenvalue weighted by atomic mass is 16.5. The molecular formula is C18H16N4O. The van der Waals surface area contributed by atoms with E-state index in [0.29, 0.717) is 19.0 Å². The summed E-state index contributed by atoms with van der Waals surface area (Å²) in [5.41, 5.74) is 1.62. The molecule has 1 aliphatic heterocycles. The third-order valence-electron chi connectivity index (χ3n) is 3.99. The van der Waals surface area contributed by atoms with Gasteiger partial charge in [0.2, 0.25) is 5.90 Å². The fourth-order valence-corrected chi connectivity index (χ4v) is 2.83. The minimum Gasteiger partial charge on any atom is -0.474 e. The molecule has 0 spiro atoms. The number of ether oxygens (including phenoxy) is 1. The van der Waals surface area contributed by atoms with E-state index in [1.54, 1.807) is 11.0 Å². The van der Waals surface area contributed by atoms with Crippen molar-refractivity contribution >= 4 is 5.90 Å². The first kappa shape index (κ1) is 13.7. The fraction of sp³-hybridized carbons (Fsp3) is 0.167. The van der Waals surface area contributed by atoms with Crippen molar-refractivity contribution in [3.63, 3.8) is 0 Å². The largest absolute Gasteiger partial charge is 0.474 e. The number of hydrogen-bond acceptors (Lipinski definition) is 4. The minimum atomic E-state index is -0.486. The Morgan fingerprint density at radius 3 is 2.43 bits per heavy atom. The molecule has 0 N–H and O–H groups in total. The van der Waals surface area contributed by atoms with E-state index in [4.69, 9.17) is 9.73 Å². The number of hydrogen-bond donors (Lipinski definition) is 0. The van der Waals surface area contributed by atoms with Gasteiger partial charge in [-0.3, -0.25) is 4.68 Å². The number of aromatic nitrogens is 3. The summed E-state index contributed by atoms with van der Waals surface area (Å²) < 4.78 is 7.75. The molecule has 2 heterocycles. The van der Waals surface area contributed by atoms with E-state index in [1.165, 1.54) is 6.33 Å². The van der Waals surface area contributed by atoms with Crippen LogP contribution in [0.25, 0.3) is 0 Å². The van der Waals surface area contributed by atoms with Crippen LogP contribution in [0.1, 0.15) is 11.1 Å². The predicted octanol–water partition coefficient (Wildman–Crippen LogP) is 2.65. The maximum Gasteiger partial charge on any atom is 0.217 e. The summed E-state index contributed by atoms with van der Waals surface area (Å²) in [6.45, 7) is 1.08. The van der Waals surface area contributed by atoms with Crippen LogP contribution in [0.3, 0.4) is 0 Å². The lowest BCUT2D eigenvalue weighted by Crippen LogP contribution is -2.31. The molecule has 0 saturated carbocycles. The summed E-state index contributed by atoms with van der Waals surface area (Å²) in [7, 11) is 0. The Balaban J connectivity index is 1.77. The van der Waals surface area contributed by atoms with Crippen LogP contribution in [-0.4, -0.2) is 27.3 Å². The molecule has 1 unspecified atom stereocenters. The Labute approximate surface area is 134 Å². The van der Waals surface area contributed by atoms with Gasteiger partial charge in [0.15, 0.2) is 0 Å². The van der Waals surface area contributed by atoms with Gasteiger partial charge in [-0.05, 0) is 17.7 Å². The molecule has 0 bridgehead atoms. The van der Waals surface area contributed by atoms with Gasteiger partial charge >= 0.3 is 0 Å². The van der Waals surface area contributed by atoms with Crippen molar-refractivity contribution in [1.82, 2.24) is 14.8 Å². The lowest BCUT2D eigenvalue weighted by Gasteiger charge is -2.24. The van der Waals surface area contributed by atoms with Gasteiger partial charge in [-0.2, -0.15) is 5.10 Å². The van der Waals surface area contributed by atoms with Crippen molar-refractivity contribution in [3.05, 3.63) is 84.4 Å². The Morgan fingerprint density at radius 1 is 1.00 bits per heavy atom. The van der Waals surface area contributed by atoms with E-state index in [9.17, 15) is 0 Å². The molecule has 3 aromatic rings. The smallest absolute Gasteiger partial charge is 0.217 e. The lowest BCUT2D eigenvalue weighted by atomic mass is 9.91. The first-order valence-corrected chi connectivity index (χ1v) is 7.52. The maximum atomic E-state index is 5.95. The van der Waals surface area contributed by atoms with Crippen molar-refractivity contribution in [1.29, 1.82) is 0 Å². The molecular weight excluding hydrogens is 288 g/mol. The molecule has 23 heavy (non-hydrogen) atoms. The molecule has 0 fully saturated rings. The first-order chi connectivity index (χ1) is 11.4. The summed E-state index contributed by atoms with van der Waals surface area (Å²) in [4.78, 5) is 8.97. The number of benzene rings is 2. The molecule has 4 rings (SSSR count). The molecule has 2 aromatic carbocycles. The normalized spacial score (nSPS) is 20.1. The lowest BCUT2D eigenvalue weighted by molar-refractivity contribution is 0.230. The fourth-order valence-electron chi connectivity index (χ4n) is 2.83. The van der Waals surface area contributed by atoms with Crippen molar-refractivity contribution < 1.29 is 4.74 Å². The zero-order valence-corrected chi connectivity index (χ0v) is 12.5. The Hall–Kier alpha value is -2.95. The van der Waals surface area contributed by atoms with Crippen molar-refractivity contribution in [2.75, 3.05) is 6.61 Å². The highest BCUT2D eigenvalue weighted by Crippen LogP contribution is 2.33. The molecule has 0 aliphatic carbocycles. The van der Waals surface area contributed by atoms with E-state index >= 15 is 0 Å². The van der Waals surface area contributed by atoms with Gasteiger partial charge < -0.3 is 4.74 Å². The third kappa shape index (κ3) is 2.61. The first-order valence-electron chi connectivity index (χ1n) is 7.52. The predicted molar refractivity (Wildman–Crippen MR) is 87.1 cm³/mol. The second-order valence-corrected chi connectivity index (χ2v) is 5.56. The van der Waals surface area contributed by atoms with Gasteiger partial charge in [-0.25, -0.2) is 9.98 Å². The van der Waals surface area contributed by atoms with Crippen molar-refractivity contribution in [2.45, 2.75) is 12.1 Å². The van der Waals surface area contributed by atoms with E-state index in [1.807, 2.05) is 48.5 Å². The molecule has 1 aromatic heterocycles. The zero-order valence-electron chi connectivity index (χ0n) is 12.5. The molecule has 0 saturated heterocycles. The van der Waals surface area contributed by atoms with Crippen molar-refractivity contribution in [3.8, 4) is 0 Å². The maximum absolute atomic E-state index is 5.95. The summed E-state index contributed by atoms with van der Waals surface area (Å²) >= 11 is 0. The van der Waals surface area contributed by atoms with Crippen LogP contribution >= 0.6 is 0 Å². The van der Waals surface area contributed by atoms with Crippen LogP contribution in [0.2, 0.25) is 0 Å². The number of rotatable bonds is 4. The van der Waals surface area contributed by atoms with Gasteiger partial charge in [0, 0.05) is 5.56 Å². The van der Waals surface area contributed by atoms with E-state index in [0.717, 1.165) is 11.1 Å². The Morgan fingerprint density at radius 2 is 1.74 bits per heavy atom. The van der Waals surface area contributed by atoms with Crippen LogP contribution < -0.4 is 0 Å². The van der Waals surface area contributed by atoms with E-state index in [-0.39, 0.29) is 0 Å². The number of aliphatic imine (C=N–C) groups is 1. The second kappa shape index (κ2) is 5.68. The quantitative estimate of drug-likeness (QED) is 0.744. The van der Waals surface area contributed by atoms with Gasteiger partial charge in [0.1, 0.15) is 24.8 Å². The average Bonchev–Trinajstić information content (AvgIpc) is 3.28. The summed E-state index contributed by atoms with van der Waals surface area (Å²) in [6.07, 6.45) is 3.25. The van der Waals surface area contributed by atoms with Gasteiger partial charge in [-0.15, -0.1) is 0 Å². The SMILES string of the molecule is c1ccc(C2=NC(Cn3cncn3)(c3ccccc3)CO2)cc1. The summed E-state index contributed by atoms with van der Waals surface area (Å²) in [5, 5.41) is 4.23. The zero-order chi connectivity index (χ0) is 15.5. The minimum absolute atomic E-state index is 0.486. The highest BCUT2D eigenvalue weighted by Gasteiger charge is 2.39. The monoisotopic (exact) mass is 304 g/mol. The Kier molecular flexibility index (Phi) is 3.38. The number of nitrogens with zero attached hydrogens (tertiary/aromatic N) is 4. The van der Waals surface area contributed by atoms with Gasteiger partial charge in [0.25, 0.3) is 0 Å². The second-order valence-electron chi connectivity index (χ2n) is 5.56. The topological polar surface area (TPSA) is 52.3 Å². The molecule has 1 atom stereocenters. The van der Waals surface area contributed by atoms with E-state index in [2.05, 4.69) is 22.2 Å².